The molecule has 2 aliphatic heterocycles. The van der Waals surface area contributed by atoms with Crippen molar-refractivity contribution in [3.63, 3.8) is 0 Å². The van der Waals surface area contributed by atoms with E-state index in [-0.39, 0.29) is 47.1 Å². The summed E-state index contributed by atoms with van der Waals surface area (Å²) in [5.74, 6) is -0.891. The number of hydrogen-bond acceptors (Lipinski definition) is 8. The van der Waals surface area contributed by atoms with Gasteiger partial charge in [-0.25, -0.2) is 4.79 Å². The van der Waals surface area contributed by atoms with Crippen LogP contribution in [0.3, 0.4) is 0 Å². The Kier molecular flexibility index (Phi) is 3.38. The summed E-state index contributed by atoms with van der Waals surface area (Å²) in [7, 11) is 0. The lowest BCUT2D eigenvalue weighted by atomic mass is 9.85. The van der Waals surface area contributed by atoms with E-state index in [0.29, 0.717) is 11.1 Å². The summed E-state index contributed by atoms with van der Waals surface area (Å²) in [4.78, 5) is 36.1. The van der Waals surface area contributed by atoms with Crippen molar-refractivity contribution in [1.29, 1.82) is 0 Å². The van der Waals surface area contributed by atoms with Gasteiger partial charge in [0.25, 0.3) is 5.69 Å². The summed E-state index contributed by atoms with van der Waals surface area (Å²) in [6.07, 6.45) is -0.239. The van der Waals surface area contributed by atoms with Gasteiger partial charge in [0.1, 0.15) is 5.58 Å². The molecule has 0 unspecified atom stereocenters. The molecule has 9 heteroatoms. The molecule has 2 aromatic carbocycles. The average Bonchev–Trinajstić information content (AvgIpc) is 3.14. The van der Waals surface area contributed by atoms with Gasteiger partial charge >= 0.3 is 11.6 Å². The first-order chi connectivity index (χ1) is 13.5. The van der Waals surface area contributed by atoms with Gasteiger partial charge in [-0.2, -0.15) is 0 Å². The monoisotopic (exact) mass is 381 g/mol. The number of nitro benzene ring substituents is 1. The molecule has 3 aromatic rings. The molecule has 0 saturated carbocycles. The number of rotatable bonds is 2. The predicted molar refractivity (Wildman–Crippen MR) is 93.8 cm³/mol. The van der Waals surface area contributed by atoms with Crippen LogP contribution in [0.25, 0.3) is 11.0 Å². The fraction of sp³-hybridized carbons (Fsp3) is 0.158. The summed E-state index contributed by atoms with van der Waals surface area (Å²) in [5.41, 5.74) is -0.490. The minimum Gasteiger partial charge on any atom is -0.454 e. The van der Waals surface area contributed by atoms with E-state index in [9.17, 15) is 19.7 Å². The maximum atomic E-state index is 12.7. The van der Waals surface area contributed by atoms with Gasteiger partial charge in [-0.1, -0.05) is 12.1 Å². The third-order valence-corrected chi connectivity index (χ3v) is 4.83. The number of nitrogens with zero attached hydrogens (tertiary/aromatic N) is 1. The Bertz CT molecular complexity index is 1230. The average molecular weight is 381 g/mol. The number of carbonyl (C=O) groups is 1. The Morgan fingerprint density at radius 1 is 1.07 bits per heavy atom. The first kappa shape index (κ1) is 16.3. The van der Waals surface area contributed by atoms with E-state index < -0.39 is 22.4 Å². The zero-order valence-electron chi connectivity index (χ0n) is 14.2. The van der Waals surface area contributed by atoms with Crippen LogP contribution in [-0.4, -0.2) is 17.7 Å². The van der Waals surface area contributed by atoms with E-state index >= 15 is 0 Å². The minimum atomic E-state index is -0.910. The third-order valence-electron chi connectivity index (χ3n) is 4.83. The second kappa shape index (κ2) is 5.81. The molecule has 140 valence electrons. The molecule has 0 bridgehead atoms. The van der Waals surface area contributed by atoms with Gasteiger partial charge in [-0.15, -0.1) is 0 Å². The molecule has 0 amide bonds. The van der Waals surface area contributed by atoms with Gasteiger partial charge in [0.05, 0.1) is 28.4 Å². The number of hydrogen-bond donors (Lipinski definition) is 0. The molecule has 2 aliphatic rings. The Balaban J connectivity index is 1.80. The molecule has 0 spiro atoms. The van der Waals surface area contributed by atoms with Crippen LogP contribution in [0.1, 0.15) is 23.5 Å². The summed E-state index contributed by atoms with van der Waals surface area (Å²) in [5, 5.41) is 12.1. The highest BCUT2D eigenvalue weighted by molar-refractivity contribution is 5.90. The van der Waals surface area contributed by atoms with Gasteiger partial charge in [0.15, 0.2) is 17.2 Å². The van der Waals surface area contributed by atoms with Crippen molar-refractivity contribution in [3.8, 4) is 17.2 Å². The van der Waals surface area contributed by atoms with Crippen molar-refractivity contribution >= 4 is 22.6 Å². The summed E-state index contributed by atoms with van der Waals surface area (Å²) >= 11 is 0. The lowest BCUT2D eigenvalue weighted by Crippen LogP contribution is -2.27. The molecule has 9 nitrogen and oxygen atoms in total. The largest absolute Gasteiger partial charge is 0.454 e. The summed E-state index contributed by atoms with van der Waals surface area (Å²) in [6, 6.07) is 9.30. The molecule has 1 atom stereocenters. The van der Waals surface area contributed by atoms with Gasteiger partial charge < -0.3 is 18.6 Å². The normalized spacial score (nSPS) is 17.3. The van der Waals surface area contributed by atoms with E-state index in [0.717, 1.165) is 0 Å². The van der Waals surface area contributed by atoms with Crippen LogP contribution < -0.4 is 19.8 Å². The lowest BCUT2D eigenvalue weighted by molar-refractivity contribution is -0.385. The molecule has 0 aliphatic carbocycles. The number of nitro groups is 1. The van der Waals surface area contributed by atoms with Crippen molar-refractivity contribution < 1.29 is 28.3 Å². The van der Waals surface area contributed by atoms with Gasteiger partial charge in [-0.05, 0) is 18.2 Å². The van der Waals surface area contributed by atoms with E-state index in [1.165, 1.54) is 12.1 Å². The first-order valence-electron chi connectivity index (χ1n) is 8.37. The fourth-order valence-electron chi connectivity index (χ4n) is 3.62. The highest BCUT2D eigenvalue weighted by Gasteiger charge is 2.38. The molecule has 0 fully saturated rings. The van der Waals surface area contributed by atoms with Crippen molar-refractivity contribution in [3.05, 3.63) is 68.1 Å². The first-order valence-corrected chi connectivity index (χ1v) is 8.37. The summed E-state index contributed by atoms with van der Waals surface area (Å²) < 4.78 is 21.2. The number of benzene rings is 2. The van der Waals surface area contributed by atoms with E-state index in [4.69, 9.17) is 18.6 Å². The second-order valence-corrected chi connectivity index (χ2v) is 6.38. The molecule has 0 saturated heterocycles. The van der Waals surface area contributed by atoms with Crippen LogP contribution in [0, 0.1) is 10.1 Å². The quantitative estimate of drug-likeness (QED) is 0.288. The van der Waals surface area contributed by atoms with Gasteiger partial charge in [0.2, 0.25) is 6.79 Å². The third kappa shape index (κ3) is 2.33. The number of esters is 1. The molecular formula is C19H11NO8. The molecule has 5 rings (SSSR count). The Labute approximate surface area is 156 Å². The van der Waals surface area contributed by atoms with Crippen LogP contribution in [0.15, 0.2) is 45.6 Å². The minimum absolute atomic E-state index is 0.0635. The molecule has 28 heavy (non-hydrogen) atoms. The summed E-state index contributed by atoms with van der Waals surface area (Å²) in [6.45, 7) is -0.0635. The fourth-order valence-corrected chi connectivity index (χ4v) is 3.62. The van der Waals surface area contributed by atoms with Crippen LogP contribution >= 0.6 is 0 Å². The van der Waals surface area contributed by atoms with Gasteiger partial charge in [0, 0.05) is 11.5 Å². The zero-order valence-corrected chi connectivity index (χ0v) is 14.2. The topological polar surface area (TPSA) is 118 Å². The zero-order chi connectivity index (χ0) is 19.4. The van der Waals surface area contributed by atoms with Crippen molar-refractivity contribution in [2.75, 3.05) is 6.79 Å². The number of fused-ring (bicyclic) bond motifs is 4. The number of ether oxygens (including phenoxy) is 3. The Morgan fingerprint density at radius 3 is 2.61 bits per heavy atom. The predicted octanol–water partition coefficient (Wildman–Crippen LogP) is 2.87. The molecular weight excluding hydrogens is 370 g/mol. The van der Waals surface area contributed by atoms with Gasteiger partial charge in [-0.3, -0.25) is 14.9 Å². The van der Waals surface area contributed by atoms with Crippen LogP contribution in [0.4, 0.5) is 5.69 Å². The molecule has 0 radical (unpaired) electrons. The highest BCUT2D eigenvalue weighted by atomic mass is 16.7. The molecule has 1 aromatic heterocycles. The lowest BCUT2D eigenvalue weighted by Gasteiger charge is -2.24. The highest BCUT2D eigenvalue weighted by Crippen LogP contribution is 2.47. The van der Waals surface area contributed by atoms with E-state index in [1.54, 1.807) is 24.3 Å². The maximum absolute atomic E-state index is 12.7. The van der Waals surface area contributed by atoms with Crippen molar-refractivity contribution in [2.24, 2.45) is 0 Å². The smallest absolute Gasteiger partial charge is 0.343 e. The Morgan fingerprint density at radius 2 is 1.82 bits per heavy atom. The Hall–Kier alpha value is -3.88. The number of para-hydroxylation sites is 1. The van der Waals surface area contributed by atoms with Crippen molar-refractivity contribution in [2.45, 2.75) is 12.3 Å². The van der Waals surface area contributed by atoms with E-state index in [1.807, 2.05) is 0 Å². The molecule has 3 heterocycles. The van der Waals surface area contributed by atoms with Crippen LogP contribution in [0.5, 0.6) is 17.2 Å². The SMILES string of the molecule is O=C1C[C@@H](c2cc3c(cc2[N+](=O)[O-])OCO3)c2c(c3ccccc3oc2=O)O1. The van der Waals surface area contributed by atoms with Crippen molar-refractivity contribution in [1.82, 2.24) is 0 Å². The standard InChI is InChI=1S/C19H11NO8/c21-16-6-11(10-5-14-15(26-8-25-14)7-12(10)20(23)24)17-18(28-16)9-3-1-2-4-13(9)27-19(17)22/h1-5,7,11H,6,8H2/t11-/m0/s1. The second-order valence-electron chi connectivity index (χ2n) is 6.38. The van der Waals surface area contributed by atoms with Crippen LogP contribution in [0.2, 0.25) is 0 Å². The molecule has 0 N–H and O–H groups in total. The van der Waals surface area contributed by atoms with E-state index in [2.05, 4.69) is 0 Å². The van der Waals surface area contributed by atoms with Crippen LogP contribution in [-0.2, 0) is 4.79 Å². The number of carbonyl (C=O) groups excluding carboxylic acids is 1. The maximum Gasteiger partial charge on any atom is 0.343 e.